The molecule has 0 fully saturated rings. The number of nitrogens with zero attached hydrogens (tertiary/aromatic N) is 3. The van der Waals surface area contributed by atoms with Crippen LogP contribution in [0.15, 0.2) is 71.8 Å². The maximum absolute atomic E-state index is 13.1. The molecule has 2 aromatic carbocycles. The molecule has 0 aromatic heterocycles. The van der Waals surface area contributed by atoms with Gasteiger partial charge in [-0.25, -0.2) is 4.79 Å². The van der Waals surface area contributed by atoms with Gasteiger partial charge in [-0.15, -0.1) is 0 Å². The molecule has 6 nitrogen and oxygen atoms in total. The predicted octanol–water partition coefficient (Wildman–Crippen LogP) is 3.84. The van der Waals surface area contributed by atoms with Crippen LogP contribution in [0.1, 0.15) is 34.5 Å². The molecule has 0 saturated carbocycles. The van der Waals surface area contributed by atoms with Crippen molar-refractivity contribution >= 4 is 5.97 Å². The van der Waals surface area contributed by atoms with Crippen molar-refractivity contribution in [1.29, 1.82) is 0 Å². The molecule has 2 aliphatic rings. The summed E-state index contributed by atoms with van der Waals surface area (Å²) >= 11 is 0. The number of ether oxygens (including phenoxy) is 1. The molecular formula is C23H21N3O3. The number of fused-ring (bicyclic) bond motifs is 1. The normalized spacial score (nSPS) is 12.1. The molecule has 2 heterocycles. The molecule has 0 spiro atoms. The summed E-state index contributed by atoms with van der Waals surface area (Å²) in [6.45, 7) is 3.96. The van der Waals surface area contributed by atoms with Gasteiger partial charge in [-0.1, -0.05) is 42.5 Å². The van der Waals surface area contributed by atoms with Gasteiger partial charge in [0.1, 0.15) is 11.3 Å². The fourth-order valence-electron chi connectivity index (χ4n) is 3.45. The van der Waals surface area contributed by atoms with Crippen LogP contribution in [0.5, 0.6) is 0 Å². The average molecular weight is 387 g/mol. The van der Waals surface area contributed by atoms with E-state index >= 15 is 0 Å². The van der Waals surface area contributed by atoms with Gasteiger partial charge in [-0.2, -0.15) is 9.78 Å². The summed E-state index contributed by atoms with van der Waals surface area (Å²) in [6.07, 6.45) is 3.44. The SMILES string of the molecule is COC(=O)c1cn(C(C)c2ccccc2)cc2c(=O)n(-c3cccc(C)c3)nc1-2. The van der Waals surface area contributed by atoms with Gasteiger partial charge < -0.3 is 9.30 Å². The second kappa shape index (κ2) is 7.39. The number of esters is 1. The average Bonchev–Trinajstić information content (AvgIpc) is 3.09. The quantitative estimate of drug-likeness (QED) is 0.499. The van der Waals surface area contributed by atoms with E-state index in [1.807, 2.05) is 73.0 Å². The number of rotatable bonds is 4. The highest BCUT2D eigenvalue weighted by Crippen LogP contribution is 2.27. The third-order valence-corrected chi connectivity index (χ3v) is 5.07. The third kappa shape index (κ3) is 3.33. The van der Waals surface area contributed by atoms with E-state index in [4.69, 9.17) is 4.74 Å². The van der Waals surface area contributed by atoms with Crippen LogP contribution >= 0.6 is 0 Å². The fourth-order valence-corrected chi connectivity index (χ4v) is 3.45. The highest BCUT2D eigenvalue weighted by atomic mass is 16.5. The van der Waals surface area contributed by atoms with Gasteiger partial charge in [-0.05, 0) is 37.1 Å². The minimum absolute atomic E-state index is 0.0780. The van der Waals surface area contributed by atoms with Gasteiger partial charge in [0, 0.05) is 12.4 Å². The highest BCUT2D eigenvalue weighted by molar-refractivity contribution is 5.96. The molecule has 146 valence electrons. The first-order chi connectivity index (χ1) is 14.0. The summed E-state index contributed by atoms with van der Waals surface area (Å²) in [7, 11) is 1.32. The number of aromatic nitrogens is 3. The monoisotopic (exact) mass is 387 g/mol. The smallest absolute Gasteiger partial charge is 0.341 e. The zero-order valence-corrected chi connectivity index (χ0v) is 16.5. The zero-order chi connectivity index (χ0) is 20.5. The van der Waals surface area contributed by atoms with Crippen molar-refractivity contribution in [2.75, 3.05) is 7.11 Å². The third-order valence-electron chi connectivity index (χ3n) is 5.07. The van der Waals surface area contributed by atoms with Gasteiger partial charge in [0.2, 0.25) is 0 Å². The van der Waals surface area contributed by atoms with Crippen LogP contribution in [-0.2, 0) is 4.74 Å². The van der Waals surface area contributed by atoms with Gasteiger partial charge >= 0.3 is 5.97 Å². The summed E-state index contributed by atoms with van der Waals surface area (Å²) in [5, 5.41) is 4.46. The summed E-state index contributed by atoms with van der Waals surface area (Å²) in [4.78, 5) is 25.6. The van der Waals surface area contributed by atoms with Gasteiger partial charge in [-0.3, -0.25) is 4.79 Å². The molecule has 1 unspecified atom stereocenters. The predicted molar refractivity (Wildman–Crippen MR) is 111 cm³/mol. The number of hydrogen-bond donors (Lipinski definition) is 0. The summed E-state index contributed by atoms with van der Waals surface area (Å²) in [6, 6.07) is 17.3. The number of pyridine rings is 1. The van der Waals surface area contributed by atoms with Crippen molar-refractivity contribution in [1.82, 2.24) is 14.3 Å². The topological polar surface area (TPSA) is 66.1 Å². The lowest BCUT2D eigenvalue weighted by molar-refractivity contribution is 0.0600. The largest absolute Gasteiger partial charge is 0.465 e. The van der Waals surface area contributed by atoms with Crippen LogP contribution in [0.4, 0.5) is 0 Å². The lowest BCUT2D eigenvalue weighted by atomic mass is 10.1. The Bertz CT molecular complexity index is 1210. The van der Waals surface area contributed by atoms with Crippen LogP contribution in [0.2, 0.25) is 0 Å². The van der Waals surface area contributed by atoms with Crippen molar-refractivity contribution in [2.45, 2.75) is 19.9 Å². The number of carbonyl (C=O) groups is 1. The molecule has 2 aromatic rings. The van der Waals surface area contributed by atoms with Gasteiger partial charge in [0.25, 0.3) is 5.56 Å². The van der Waals surface area contributed by atoms with E-state index < -0.39 is 5.97 Å². The van der Waals surface area contributed by atoms with Crippen LogP contribution < -0.4 is 5.56 Å². The summed E-state index contributed by atoms with van der Waals surface area (Å²) in [5.41, 5.74) is 3.43. The lowest BCUT2D eigenvalue weighted by Gasteiger charge is -2.19. The van der Waals surface area contributed by atoms with Crippen molar-refractivity contribution in [3.05, 3.63) is 94.0 Å². The molecule has 0 bridgehead atoms. The minimum atomic E-state index is -0.529. The van der Waals surface area contributed by atoms with E-state index in [0.717, 1.165) is 11.1 Å². The van der Waals surface area contributed by atoms with E-state index in [9.17, 15) is 9.59 Å². The first kappa shape index (κ1) is 18.7. The van der Waals surface area contributed by atoms with E-state index in [0.29, 0.717) is 16.9 Å². The van der Waals surface area contributed by atoms with Crippen LogP contribution in [-0.4, -0.2) is 27.4 Å². The number of hydrogen-bond acceptors (Lipinski definition) is 4. The Balaban J connectivity index is 1.94. The maximum atomic E-state index is 13.1. The Morgan fingerprint density at radius 3 is 2.52 bits per heavy atom. The van der Waals surface area contributed by atoms with Crippen molar-refractivity contribution in [3.8, 4) is 16.9 Å². The van der Waals surface area contributed by atoms with Gasteiger partial charge in [0.05, 0.1) is 24.4 Å². The number of benzene rings is 2. The van der Waals surface area contributed by atoms with Crippen LogP contribution in [0.3, 0.4) is 0 Å². The molecule has 6 heteroatoms. The number of carbonyl (C=O) groups excluding carboxylic acids is 1. The number of aryl methyl sites for hydroxylation is 1. The molecule has 2 aliphatic heterocycles. The fraction of sp³-hybridized carbons (Fsp3) is 0.174. The molecular weight excluding hydrogens is 366 g/mol. The molecule has 0 N–H and O–H groups in total. The molecule has 0 amide bonds. The van der Waals surface area contributed by atoms with Gasteiger partial charge in [0.15, 0.2) is 0 Å². The highest BCUT2D eigenvalue weighted by Gasteiger charge is 2.26. The Hall–Kier alpha value is -3.67. The standard InChI is InChI=1S/C23H21N3O3/c1-15-8-7-11-18(12-15)26-22(27)19-13-25(16(2)17-9-5-4-6-10-17)14-20(21(19)24-26)23(28)29-3/h4-14,16H,1-3H3. The Morgan fingerprint density at radius 1 is 1.07 bits per heavy atom. The molecule has 0 saturated heterocycles. The Labute approximate surface area is 168 Å². The molecule has 4 rings (SSSR count). The second-order valence-electron chi connectivity index (χ2n) is 7.02. The molecule has 0 radical (unpaired) electrons. The second-order valence-corrected chi connectivity index (χ2v) is 7.02. The first-order valence-corrected chi connectivity index (χ1v) is 9.34. The van der Waals surface area contributed by atoms with E-state index in [-0.39, 0.29) is 17.2 Å². The maximum Gasteiger partial charge on any atom is 0.341 e. The van der Waals surface area contributed by atoms with Crippen LogP contribution in [0, 0.1) is 6.92 Å². The molecule has 29 heavy (non-hydrogen) atoms. The summed E-state index contributed by atoms with van der Waals surface area (Å²) in [5.74, 6) is -0.529. The van der Waals surface area contributed by atoms with E-state index in [2.05, 4.69) is 5.10 Å². The van der Waals surface area contributed by atoms with E-state index in [1.165, 1.54) is 11.8 Å². The molecule has 0 aliphatic carbocycles. The summed E-state index contributed by atoms with van der Waals surface area (Å²) < 4.78 is 8.14. The Kier molecular flexibility index (Phi) is 4.76. The minimum Gasteiger partial charge on any atom is -0.465 e. The van der Waals surface area contributed by atoms with Crippen molar-refractivity contribution in [3.63, 3.8) is 0 Å². The zero-order valence-electron chi connectivity index (χ0n) is 16.5. The Morgan fingerprint density at radius 2 is 1.83 bits per heavy atom. The number of methoxy groups -OCH3 is 1. The molecule has 1 atom stereocenters. The van der Waals surface area contributed by atoms with Crippen molar-refractivity contribution in [2.24, 2.45) is 0 Å². The lowest BCUT2D eigenvalue weighted by Crippen LogP contribution is -2.17. The first-order valence-electron chi connectivity index (χ1n) is 9.34. The van der Waals surface area contributed by atoms with E-state index in [1.54, 1.807) is 12.4 Å². The van der Waals surface area contributed by atoms with Crippen molar-refractivity contribution < 1.29 is 9.53 Å². The van der Waals surface area contributed by atoms with Crippen LogP contribution in [0.25, 0.3) is 16.9 Å².